The fraction of sp³-hybridized carbons (Fsp3) is 0.400. The second-order valence-electron chi connectivity index (χ2n) is 8.40. The third kappa shape index (κ3) is 5.46. The van der Waals surface area contributed by atoms with Crippen LogP contribution in [0.2, 0.25) is 0 Å². The smallest absolute Gasteiger partial charge is 0.407 e. The number of nitrogens with one attached hydrogen (secondary N) is 1. The van der Waals surface area contributed by atoms with Crippen molar-refractivity contribution >= 4 is 18.0 Å². The van der Waals surface area contributed by atoms with Crippen molar-refractivity contribution in [2.45, 2.75) is 51.6 Å². The number of aliphatic carboxylic acids is 1. The first-order valence-corrected chi connectivity index (χ1v) is 10.9. The Morgan fingerprint density at radius 1 is 1.00 bits per heavy atom. The SMILES string of the molecule is CC(CC(=O)N(CCC(=O)O)C(C)C)NC(=O)OCC1c2ccccc2-c2ccccc21. The van der Waals surface area contributed by atoms with Crippen LogP contribution in [0.3, 0.4) is 0 Å². The highest BCUT2D eigenvalue weighted by Gasteiger charge is 2.29. The van der Waals surface area contributed by atoms with E-state index in [1.807, 2.05) is 38.1 Å². The average Bonchev–Trinajstić information content (AvgIpc) is 3.05. The fourth-order valence-corrected chi connectivity index (χ4v) is 4.16. The summed E-state index contributed by atoms with van der Waals surface area (Å²) >= 11 is 0. The summed E-state index contributed by atoms with van der Waals surface area (Å²) in [6.45, 7) is 5.75. The van der Waals surface area contributed by atoms with Gasteiger partial charge in [-0.25, -0.2) is 4.79 Å². The zero-order valence-electron chi connectivity index (χ0n) is 18.7. The minimum absolute atomic E-state index is 0.0301. The van der Waals surface area contributed by atoms with Crippen LogP contribution in [0, 0.1) is 0 Å². The molecule has 2 aromatic rings. The lowest BCUT2D eigenvalue weighted by Crippen LogP contribution is -2.43. The molecule has 3 rings (SSSR count). The third-order valence-electron chi connectivity index (χ3n) is 5.70. The van der Waals surface area contributed by atoms with Gasteiger partial charge in [0.25, 0.3) is 0 Å². The van der Waals surface area contributed by atoms with E-state index in [9.17, 15) is 14.4 Å². The maximum atomic E-state index is 12.6. The number of carbonyl (C=O) groups excluding carboxylic acids is 2. The van der Waals surface area contributed by atoms with E-state index in [4.69, 9.17) is 9.84 Å². The van der Waals surface area contributed by atoms with Crippen molar-refractivity contribution in [3.63, 3.8) is 0 Å². The molecular formula is C25H30N2O5. The van der Waals surface area contributed by atoms with Crippen LogP contribution in [0.1, 0.15) is 50.7 Å². The topological polar surface area (TPSA) is 95.9 Å². The first kappa shape index (κ1) is 23.3. The highest BCUT2D eigenvalue weighted by Crippen LogP contribution is 2.44. The molecule has 0 bridgehead atoms. The zero-order valence-corrected chi connectivity index (χ0v) is 18.7. The molecule has 0 saturated carbocycles. The summed E-state index contributed by atoms with van der Waals surface area (Å²) < 4.78 is 5.53. The Morgan fingerprint density at radius 3 is 2.09 bits per heavy atom. The molecule has 1 aliphatic rings. The van der Waals surface area contributed by atoms with Crippen molar-refractivity contribution in [3.8, 4) is 11.1 Å². The Balaban J connectivity index is 1.55. The van der Waals surface area contributed by atoms with Crippen LogP contribution >= 0.6 is 0 Å². The quantitative estimate of drug-likeness (QED) is 0.617. The Bertz CT molecular complexity index is 942. The third-order valence-corrected chi connectivity index (χ3v) is 5.70. The molecule has 170 valence electrons. The Morgan fingerprint density at radius 2 is 1.56 bits per heavy atom. The molecule has 32 heavy (non-hydrogen) atoms. The molecule has 2 aromatic carbocycles. The molecule has 0 heterocycles. The monoisotopic (exact) mass is 438 g/mol. The van der Waals surface area contributed by atoms with Gasteiger partial charge in [-0.05, 0) is 43.0 Å². The first-order chi connectivity index (χ1) is 15.3. The summed E-state index contributed by atoms with van der Waals surface area (Å²) in [6, 6.07) is 15.7. The maximum absolute atomic E-state index is 12.6. The summed E-state index contributed by atoms with van der Waals surface area (Å²) in [4.78, 5) is 37.3. The van der Waals surface area contributed by atoms with E-state index < -0.39 is 18.1 Å². The Kier molecular flexibility index (Phi) is 7.51. The second kappa shape index (κ2) is 10.3. The van der Waals surface area contributed by atoms with Crippen LogP contribution in [0.5, 0.6) is 0 Å². The highest BCUT2D eigenvalue weighted by atomic mass is 16.5. The molecule has 0 fully saturated rings. The molecule has 0 radical (unpaired) electrons. The van der Waals surface area contributed by atoms with Gasteiger partial charge in [0.1, 0.15) is 6.61 Å². The molecule has 2 amide bonds. The highest BCUT2D eigenvalue weighted by molar-refractivity contribution is 5.80. The first-order valence-electron chi connectivity index (χ1n) is 10.9. The number of hydrogen-bond donors (Lipinski definition) is 2. The van der Waals surface area contributed by atoms with E-state index in [1.54, 1.807) is 6.92 Å². The predicted octanol–water partition coefficient (Wildman–Crippen LogP) is 4.02. The summed E-state index contributed by atoms with van der Waals surface area (Å²) in [5.74, 6) is -1.18. The number of carbonyl (C=O) groups is 3. The normalized spacial score (nSPS) is 13.2. The molecule has 2 N–H and O–H groups in total. The van der Waals surface area contributed by atoms with Crippen molar-refractivity contribution in [1.82, 2.24) is 10.2 Å². The van der Waals surface area contributed by atoms with Gasteiger partial charge >= 0.3 is 12.1 Å². The van der Waals surface area contributed by atoms with E-state index >= 15 is 0 Å². The number of carboxylic acid groups (broad SMARTS) is 1. The number of rotatable bonds is 9. The van der Waals surface area contributed by atoms with Crippen molar-refractivity contribution in [3.05, 3.63) is 59.7 Å². The van der Waals surface area contributed by atoms with E-state index in [2.05, 4.69) is 29.6 Å². The van der Waals surface area contributed by atoms with Crippen LogP contribution in [-0.4, -0.2) is 53.2 Å². The number of fused-ring (bicyclic) bond motifs is 3. The number of alkyl carbamates (subject to hydrolysis) is 1. The molecule has 1 atom stereocenters. The largest absolute Gasteiger partial charge is 0.481 e. The van der Waals surface area contributed by atoms with Crippen LogP contribution < -0.4 is 5.32 Å². The lowest BCUT2D eigenvalue weighted by molar-refractivity contribution is -0.139. The van der Waals surface area contributed by atoms with Crippen LogP contribution in [0.15, 0.2) is 48.5 Å². The molecule has 7 heteroatoms. The lowest BCUT2D eigenvalue weighted by Gasteiger charge is -2.27. The maximum Gasteiger partial charge on any atom is 0.407 e. The van der Waals surface area contributed by atoms with Crippen molar-refractivity contribution in [2.24, 2.45) is 0 Å². The van der Waals surface area contributed by atoms with E-state index in [0.717, 1.165) is 22.3 Å². The van der Waals surface area contributed by atoms with Gasteiger partial charge < -0.3 is 20.1 Å². The summed E-state index contributed by atoms with van der Waals surface area (Å²) in [5.41, 5.74) is 4.59. The van der Waals surface area contributed by atoms with Gasteiger partial charge in [-0.3, -0.25) is 9.59 Å². The van der Waals surface area contributed by atoms with Gasteiger partial charge in [0.2, 0.25) is 5.91 Å². The van der Waals surface area contributed by atoms with Crippen LogP contribution in [-0.2, 0) is 14.3 Å². The van der Waals surface area contributed by atoms with Gasteiger partial charge in [-0.15, -0.1) is 0 Å². The Hall–Kier alpha value is -3.35. The minimum atomic E-state index is -0.951. The summed E-state index contributed by atoms with van der Waals surface area (Å²) in [6.07, 6.45) is -0.617. The lowest BCUT2D eigenvalue weighted by atomic mass is 9.98. The number of ether oxygens (including phenoxy) is 1. The number of carboxylic acids is 1. The van der Waals surface area contributed by atoms with Crippen molar-refractivity contribution < 1.29 is 24.2 Å². The molecule has 1 aliphatic carbocycles. The van der Waals surface area contributed by atoms with Crippen LogP contribution in [0.25, 0.3) is 11.1 Å². The number of amides is 2. The van der Waals surface area contributed by atoms with E-state index in [1.165, 1.54) is 4.90 Å². The standard InChI is InChI=1S/C25H30N2O5/c1-16(2)27(13-12-24(29)30)23(28)14-17(3)26-25(31)32-15-22-20-10-6-4-8-18(20)19-9-5-7-11-21(19)22/h4-11,16-17,22H,12-15H2,1-3H3,(H,26,31)(H,29,30). The average molecular weight is 439 g/mol. The van der Waals surface area contributed by atoms with Gasteiger partial charge in [0.15, 0.2) is 0 Å². The van der Waals surface area contributed by atoms with Crippen molar-refractivity contribution in [1.29, 1.82) is 0 Å². The predicted molar refractivity (Wildman–Crippen MR) is 121 cm³/mol. The second-order valence-corrected chi connectivity index (χ2v) is 8.40. The molecule has 0 aliphatic heterocycles. The molecule has 0 aromatic heterocycles. The van der Waals surface area contributed by atoms with Crippen molar-refractivity contribution in [2.75, 3.05) is 13.2 Å². The number of hydrogen-bond acceptors (Lipinski definition) is 4. The minimum Gasteiger partial charge on any atom is -0.481 e. The summed E-state index contributed by atoms with van der Waals surface area (Å²) in [5, 5.41) is 11.6. The van der Waals surface area contributed by atoms with Gasteiger partial charge in [-0.1, -0.05) is 48.5 Å². The molecule has 1 unspecified atom stereocenters. The number of benzene rings is 2. The van der Waals surface area contributed by atoms with Crippen LogP contribution in [0.4, 0.5) is 4.79 Å². The Labute approximate surface area is 188 Å². The van der Waals surface area contributed by atoms with E-state index in [0.29, 0.717) is 0 Å². The molecule has 0 spiro atoms. The summed E-state index contributed by atoms with van der Waals surface area (Å²) in [7, 11) is 0. The van der Waals surface area contributed by atoms with Gasteiger partial charge in [0, 0.05) is 31.0 Å². The zero-order chi connectivity index (χ0) is 23.3. The van der Waals surface area contributed by atoms with E-state index in [-0.39, 0.29) is 43.9 Å². The molecular weight excluding hydrogens is 408 g/mol. The van der Waals surface area contributed by atoms with Gasteiger partial charge in [-0.2, -0.15) is 0 Å². The molecule has 0 saturated heterocycles. The molecule has 7 nitrogen and oxygen atoms in total. The van der Waals surface area contributed by atoms with Gasteiger partial charge in [0.05, 0.1) is 6.42 Å². The number of nitrogens with zero attached hydrogens (tertiary/aromatic N) is 1. The fourth-order valence-electron chi connectivity index (χ4n) is 4.16.